The quantitative estimate of drug-likeness (QED) is 0.692. The number of rotatable bonds is 5. The predicted octanol–water partition coefficient (Wildman–Crippen LogP) is -0.486. The molecule has 100 valence electrons. The van der Waals surface area contributed by atoms with E-state index in [1.807, 2.05) is 19.0 Å². The number of nitrogens with one attached hydrogen (secondary N) is 1. The summed E-state index contributed by atoms with van der Waals surface area (Å²) in [6, 6.07) is 0. The smallest absolute Gasteiger partial charge is 0.266 e. The van der Waals surface area contributed by atoms with Crippen LogP contribution < -0.4 is 11.1 Å². The van der Waals surface area contributed by atoms with E-state index in [-0.39, 0.29) is 11.6 Å². The highest BCUT2D eigenvalue weighted by Crippen LogP contribution is 2.30. The number of nitrogens with two attached hydrogens (primary N) is 1. The van der Waals surface area contributed by atoms with Crippen LogP contribution in [-0.4, -0.2) is 50.6 Å². The summed E-state index contributed by atoms with van der Waals surface area (Å²) in [5.41, 5.74) is 4.70. The summed E-state index contributed by atoms with van der Waals surface area (Å²) in [4.78, 5) is 29.0. The molecule has 0 aromatic heterocycles. The minimum atomic E-state index is -0.683. The molecular formula is C12H20N4O2. The largest absolute Gasteiger partial charge is 0.364 e. The Balaban J connectivity index is 2.87. The second-order valence-electron chi connectivity index (χ2n) is 4.70. The number of carbonyl (C=O) groups excluding carboxylic acids is 2. The second kappa shape index (κ2) is 5.77. The molecule has 0 radical (unpaired) electrons. The maximum atomic E-state index is 12.0. The fraction of sp³-hybridized carbons (Fsp3) is 0.583. The molecule has 0 aliphatic carbocycles. The molecule has 3 N–H and O–H groups in total. The van der Waals surface area contributed by atoms with Gasteiger partial charge in [0, 0.05) is 13.3 Å². The van der Waals surface area contributed by atoms with E-state index in [2.05, 4.69) is 10.3 Å². The lowest BCUT2D eigenvalue weighted by atomic mass is 9.79. The standard InChI is InChI=1S/C12H20N4O2/c1-14-11(18)12(6-7-16(2)3)5-4-9(10(13)17)15-8-12/h4,8H,5-7H2,1-3H3,(H2,13,17)(H,14,18). The van der Waals surface area contributed by atoms with Crippen LogP contribution in [0.3, 0.4) is 0 Å². The van der Waals surface area contributed by atoms with Crippen molar-refractivity contribution in [3.05, 3.63) is 11.8 Å². The van der Waals surface area contributed by atoms with E-state index in [0.29, 0.717) is 12.8 Å². The van der Waals surface area contributed by atoms with Crippen molar-refractivity contribution in [1.29, 1.82) is 0 Å². The maximum absolute atomic E-state index is 12.0. The van der Waals surface area contributed by atoms with Crippen LogP contribution in [0.15, 0.2) is 16.8 Å². The van der Waals surface area contributed by atoms with Gasteiger partial charge in [0.25, 0.3) is 5.91 Å². The van der Waals surface area contributed by atoms with E-state index in [9.17, 15) is 9.59 Å². The van der Waals surface area contributed by atoms with Gasteiger partial charge in [-0.1, -0.05) is 6.08 Å². The average Bonchev–Trinajstić information content (AvgIpc) is 2.35. The number of primary amides is 1. The summed E-state index contributed by atoms with van der Waals surface area (Å²) >= 11 is 0. The summed E-state index contributed by atoms with van der Waals surface area (Å²) in [5.74, 6) is -0.655. The van der Waals surface area contributed by atoms with Gasteiger partial charge >= 0.3 is 0 Å². The fourth-order valence-corrected chi connectivity index (χ4v) is 1.85. The molecule has 0 aromatic rings. The minimum absolute atomic E-state index is 0.0899. The van der Waals surface area contributed by atoms with Gasteiger partial charge in [0.05, 0.1) is 5.41 Å². The van der Waals surface area contributed by atoms with Gasteiger partial charge in [0.15, 0.2) is 0 Å². The van der Waals surface area contributed by atoms with Gasteiger partial charge in [0.2, 0.25) is 5.91 Å². The lowest BCUT2D eigenvalue weighted by molar-refractivity contribution is -0.127. The lowest BCUT2D eigenvalue weighted by Crippen LogP contribution is -2.43. The molecular weight excluding hydrogens is 232 g/mol. The second-order valence-corrected chi connectivity index (χ2v) is 4.70. The molecule has 0 fully saturated rings. The predicted molar refractivity (Wildman–Crippen MR) is 70.1 cm³/mol. The Morgan fingerprint density at radius 1 is 1.56 bits per heavy atom. The van der Waals surface area contributed by atoms with E-state index >= 15 is 0 Å². The number of nitrogens with zero attached hydrogens (tertiary/aromatic N) is 2. The highest BCUT2D eigenvalue weighted by atomic mass is 16.2. The third-order valence-electron chi connectivity index (χ3n) is 3.05. The van der Waals surface area contributed by atoms with Crippen molar-refractivity contribution in [1.82, 2.24) is 10.2 Å². The molecule has 0 saturated heterocycles. The molecule has 6 nitrogen and oxygen atoms in total. The zero-order chi connectivity index (χ0) is 13.8. The van der Waals surface area contributed by atoms with Crippen molar-refractivity contribution in [3.8, 4) is 0 Å². The molecule has 2 amide bonds. The summed E-state index contributed by atoms with van der Waals surface area (Å²) in [6.45, 7) is 0.763. The van der Waals surface area contributed by atoms with Crippen LogP contribution in [0.4, 0.5) is 0 Å². The molecule has 0 aromatic carbocycles. The third kappa shape index (κ3) is 3.16. The molecule has 0 spiro atoms. The van der Waals surface area contributed by atoms with Gasteiger partial charge in [-0.3, -0.25) is 14.6 Å². The zero-order valence-electron chi connectivity index (χ0n) is 11.1. The molecule has 0 bridgehead atoms. The highest BCUT2D eigenvalue weighted by molar-refractivity contribution is 6.02. The molecule has 6 heteroatoms. The van der Waals surface area contributed by atoms with Gasteiger partial charge in [-0.15, -0.1) is 0 Å². The Hall–Kier alpha value is -1.69. The maximum Gasteiger partial charge on any atom is 0.266 e. The van der Waals surface area contributed by atoms with Crippen molar-refractivity contribution in [3.63, 3.8) is 0 Å². The van der Waals surface area contributed by atoms with Crippen LogP contribution >= 0.6 is 0 Å². The Kier molecular flexibility index (Phi) is 4.61. The summed E-state index contributed by atoms with van der Waals surface area (Å²) in [5, 5.41) is 2.65. The average molecular weight is 252 g/mol. The van der Waals surface area contributed by atoms with E-state index in [0.717, 1.165) is 6.54 Å². The first-order chi connectivity index (χ1) is 8.41. The Labute approximate surface area is 107 Å². The summed E-state index contributed by atoms with van der Waals surface area (Å²) in [6.07, 6.45) is 4.27. The van der Waals surface area contributed by atoms with Crippen LogP contribution in [0.1, 0.15) is 12.8 Å². The Morgan fingerprint density at radius 3 is 2.61 bits per heavy atom. The number of hydrogen-bond donors (Lipinski definition) is 2. The molecule has 1 unspecified atom stereocenters. The molecule has 1 rings (SSSR count). The van der Waals surface area contributed by atoms with Gasteiger partial charge in [-0.2, -0.15) is 0 Å². The molecule has 1 heterocycles. The minimum Gasteiger partial charge on any atom is -0.364 e. The molecule has 1 aliphatic heterocycles. The van der Waals surface area contributed by atoms with Gasteiger partial charge in [-0.05, 0) is 33.5 Å². The first-order valence-electron chi connectivity index (χ1n) is 5.83. The van der Waals surface area contributed by atoms with Crippen LogP contribution in [0.2, 0.25) is 0 Å². The van der Waals surface area contributed by atoms with Gasteiger partial charge in [-0.25, -0.2) is 0 Å². The SMILES string of the molecule is CNC(=O)C1(CCN(C)C)C=NC(C(N)=O)=CC1. The van der Waals surface area contributed by atoms with Crippen molar-refractivity contribution in [2.24, 2.45) is 16.1 Å². The third-order valence-corrected chi connectivity index (χ3v) is 3.05. The van der Waals surface area contributed by atoms with Crippen molar-refractivity contribution < 1.29 is 9.59 Å². The number of hydrogen-bond acceptors (Lipinski definition) is 4. The van der Waals surface area contributed by atoms with E-state index < -0.39 is 11.3 Å². The first-order valence-corrected chi connectivity index (χ1v) is 5.83. The van der Waals surface area contributed by atoms with Crippen molar-refractivity contribution in [2.75, 3.05) is 27.7 Å². The number of amides is 2. The van der Waals surface area contributed by atoms with E-state index in [1.54, 1.807) is 19.3 Å². The Bertz CT molecular complexity index is 401. The van der Waals surface area contributed by atoms with Gasteiger partial charge < -0.3 is 16.0 Å². The number of allylic oxidation sites excluding steroid dienone is 1. The first kappa shape index (κ1) is 14.4. The number of aliphatic imine (C=N–C) groups is 1. The highest BCUT2D eigenvalue weighted by Gasteiger charge is 2.37. The Morgan fingerprint density at radius 2 is 2.22 bits per heavy atom. The molecule has 0 saturated carbocycles. The summed E-state index contributed by atoms with van der Waals surface area (Å²) < 4.78 is 0. The normalized spacial score (nSPS) is 22.8. The summed E-state index contributed by atoms with van der Waals surface area (Å²) in [7, 11) is 5.49. The van der Waals surface area contributed by atoms with E-state index in [4.69, 9.17) is 5.73 Å². The topological polar surface area (TPSA) is 87.8 Å². The van der Waals surface area contributed by atoms with Crippen LogP contribution in [0.25, 0.3) is 0 Å². The van der Waals surface area contributed by atoms with Crippen LogP contribution in [0, 0.1) is 5.41 Å². The van der Waals surface area contributed by atoms with Crippen molar-refractivity contribution in [2.45, 2.75) is 12.8 Å². The van der Waals surface area contributed by atoms with Crippen LogP contribution in [-0.2, 0) is 9.59 Å². The molecule has 1 atom stereocenters. The number of carbonyl (C=O) groups is 2. The molecule has 1 aliphatic rings. The zero-order valence-corrected chi connectivity index (χ0v) is 11.1. The van der Waals surface area contributed by atoms with Crippen molar-refractivity contribution >= 4 is 18.0 Å². The van der Waals surface area contributed by atoms with E-state index in [1.165, 1.54) is 0 Å². The van der Waals surface area contributed by atoms with Crippen LogP contribution in [0.5, 0.6) is 0 Å². The van der Waals surface area contributed by atoms with Gasteiger partial charge in [0.1, 0.15) is 5.70 Å². The molecule has 18 heavy (non-hydrogen) atoms. The fourth-order valence-electron chi connectivity index (χ4n) is 1.85. The monoisotopic (exact) mass is 252 g/mol. The lowest BCUT2D eigenvalue weighted by Gasteiger charge is -2.30.